The first kappa shape index (κ1) is 23.8. The van der Waals surface area contributed by atoms with Crippen LogP contribution < -0.4 is 0 Å². The Balaban J connectivity index is 2.16. The third kappa shape index (κ3) is 6.01. The molecule has 0 aliphatic carbocycles. The zero-order chi connectivity index (χ0) is 21.0. The van der Waals surface area contributed by atoms with Gasteiger partial charge in [0.1, 0.15) is 0 Å². The lowest BCUT2D eigenvalue weighted by molar-refractivity contribution is 0.129. The molecule has 0 amide bonds. The molecule has 0 spiro atoms. The molecule has 7 heteroatoms. The fraction of sp³-hybridized carbons (Fsp3) is 0.714. The van der Waals surface area contributed by atoms with Gasteiger partial charge in [0.15, 0.2) is 8.32 Å². The lowest BCUT2D eigenvalue weighted by Crippen LogP contribution is -2.46. The molecule has 1 aromatic rings. The van der Waals surface area contributed by atoms with Gasteiger partial charge < -0.3 is 13.5 Å². The second kappa shape index (κ2) is 9.54. The second-order valence-electron chi connectivity index (χ2n) is 9.27. The van der Waals surface area contributed by atoms with Gasteiger partial charge in [-0.3, -0.25) is 9.46 Å². The molecule has 1 fully saturated rings. The van der Waals surface area contributed by atoms with Crippen molar-refractivity contribution in [2.24, 2.45) is 0 Å². The highest BCUT2D eigenvalue weighted by atomic mass is 31.2. The van der Waals surface area contributed by atoms with E-state index in [-0.39, 0.29) is 11.1 Å². The summed E-state index contributed by atoms with van der Waals surface area (Å²) in [7, 11) is -1.92. The first-order valence-corrected chi connectivity index (χ1v) is 14.8. The van der Waals surface area contributed by atoms with E-state index < -0.39 is 15.9 Å². The highest BCUT2D eigenvalue weighted by Crippen LogP contribution is 2.49. The molecular formula is C21H38NO4PSi. The van der Waals surface area contributed by atoms with E-state index >= 15 is 0 Å². The SMILES string of the molecule is COP(=O)(C[C@H]1CC[C@@H](CO[Si](C)(C)C(C)(C)C)N1Cc1ccccc1)OC. The quantitative estimate of drug-likeness (QED) is 0.383. The summed E-state index contributed by atoms with van der Waals surface area (Å²) in [6.07, 6.45) is 2.44. The van der Waals surface area contributed by atoms with Crippen LogP contribution in [0.1, 0.15) is 39.2 Å². The summed E-state index contributed by atoms with van der Waals surface area (Å²) < 4.78 is 29.8. The lowest BCUT2D eigenvalue weighted by Gasteiger charge is -2.38. The number of benzene rings is 1. The Bertz CT molecular complexity index is 654. The van der Waals surface area contributed by atoms with Crippen molar-refractivity contribution in [1.29, 1.82) is 0 Å². The Kier molecular flexibility index (Phi) is 8.11. The summed E-state index contributed by atoms with van der Waals surface area (Å²) in [5, 5.41) is 0.192. The van der Waals surface area contributed by atoms with Gasteiger partial charge in [-0.25, -0.2) is 0 Å². The fourth-order valence-corrected chi connectivity index (χ4v) is 5.84. The van der Waals surface area contributed by atoms with E-state index in [1.54, 1.807) is 0 Å². The van der Waals surface area contributed by atoms with Crippen LogP contribution in [0.4, 0.5) is 0 Å². The van der Waals surface area contributed by atoms with E-state index in [9.17, 15) is 4.57 Å². The molecule has 5 nitrogen and oxygen atoms in total. The maximum Gasteiger partial charge on any atom is 0.331 e. The standard InChI is InChI=1S/C21H38NO4PSi/c1-21(2,3)28(6,7)26-16-19-13-14-20(17-27(23,24-4)25-5)22(19)15-18-11-9-8-10-12-18/h8-12,19-20H,13-17H2,1-7H3/t19-,20+/m0/s1. The molecule has 0 N–H and O–H groups in total. The molecule has 0 bridgehead atoms. The van der Waals surface area contributed by atoms with Crippen LogP contribution in [0.2, 0.25) is 18.1 Å². The van der Waals surface area contributed by atoms with Crippen molar-refractivity contribution in [3.8, 4) is 0 Å². The summed E-state index contributed by atoms with van der Waals surface area (Å²) in [5.41, 5.74) is 1.26. The topological polar surface area (TPSA) is 48.0 Å². The molecule has 1 saturated heterocycles. The molecule has 2 atom stereocenters. The number of nitrogens with zero attached hydrogens (tertiary/aromatic N) is 1. The fourth-order valence-electron chi connectivity index (χ4n) is 3.44. The number of hydrogen-bond acceptors (Lipinski definition) is 5. The third-order valence-corrected chi connectivity index (χ3v) is 12.9. The van der Waals surface area contributed by atoms with Crippen LogP contribution >= 0.6 is 7.60 Å². The van der Waals surface area contributed by atoms with E-state index in [2.05, 4.69) is 63.0 Å². The second-order valence-corrected chi connectivity index (χ2v) is 16.4. The largest absolute Gasteiger partial charge is 0.415 e. The van der Waals surface area contributed by atoms with Gasteiger partial charge in [0.25, 0.3) is 0 Å². The van der Waals surface area contributed by atoms with E-state index in [1.807, 2.05) is 6.07 Å². The minimum Gasteiger partial charge on any atom is -0.415 e. The highest BCUT2D eigenvalue weighted by Gasteiger charge is 2.42. The molecule has 2 rings (SSSR count). The molecule has 0 aromatic heterocycles. The first-order valence-electron chi connectivity index (χ1n) is 10.2. The Morgan fingerprint density at radius 3 is 2.18 bits per heavy atom. The summed E-state index contributed by atoms with van der Waals surface area (Å²) in [5.74, 6) is 0. The Labute approximate surface area is 172 Å². The average Bonchev–Trinajstić information content (AvgIpc) is 3.01. The number of hydrogen-bond donors (Lipinski definition) is 0. The summed E-state index contributed by atoms with van der Waals surface area (Å²) >= 11 is 0. The normalized spacial score (nSPS) is 22.0. The van der Waals surface area contributed by atoms with Crippen molar-refractivity contribution in [2.75, 3.05) is 27.0 Å². The maximum absolute atomic E-state index is 12.8. The zero-order valence-corrected chi connectivity index (χ0v) is 20.5. The monoisotopic (exact) mass is 427 g/mol. The molecule has 1 aliphatic rings. The van der Waals surface area contributed by atoms with Crippen LogP contribution in [0.25, 0.3) is 0 Å². The van der Waals surface area contributed by atoms with Crippen LogP contribution in [0, 0.1) is 0 Å². The van der Waals surface area contributed by atoms with Crippen molar-refractivity contribution >= 4 is 15.9 Å². The molecule has 1 aliphatic heterocycles. The van der Waals surface area contributed by atoms with Gasteiger partial charge in [-0.05, 0) is 36.5 Å². The molecule has 0 saturated carbocycles. The summed E-state index contributed by atoms with van der Waals surface area (Å²) in [6.45, 7) is 13.0. The Morgan fingerprint density at radius 1 is 1.07 bits per heavy atom. The van der Waals surface area contributed by atoms with E-state index in [0.717, 1.165) is 26.0 Å². The van der Waals surface area contributed by atoms with Crippen LogP contribution in [0.5, 0.6) is 0 Å². The summed E-state index contributed by atoms with van der Waals surface area (Å²) in [4.78, 5) is 2.45. The molecule has 1 heterocycles. The number of likely N-dealkylation sites (tertiary alicyclic amines) is 1. The first-order chi connectivity index (χ1) is 13.0. The van der Waals surface area contributed by atoms with E-state index in [0.29, 0.717) is 12.2 Å². The minimum atomic E-state index is -3.05. The molecular weight excluding hydrogens is 389 g/mol. The minimum absolute atomic E-state index is 0.166. The average molecular weight is 428 g/mol. The van der Waals surface area contributed by atoms with Crippen LogP contribution in [0.15, 0.2) is 30.3 Å². The van der Waals surface area contributed by atoms with Gasteiger partial charge in [-0.1, -0.05) is 51.1 Å². The highest BCUT2D eigenvalue weighted by molar-refractivity contribution is 7.53. The van der Waals surface area contributed by atoms with Crippen molar-refractivity contribution in [3.63, 3.8) is 0 Å². The van der Waals surface area contributed by atoms with Crippen LogP contribution in [-0.2, 0) is 24.6 Å². The van der Waals surface area contributed by atoms with Gasteiger partial charge in [0, 0.05) is 39.5 Å². The van der Waals surface area contributed by atoms with Gasteiger partial charge in [-0.2, -0.15) is 0 Å². The van der Waals surface area contributed by atoms with E-state index in [4.69, 9.17) is 13.5 Å². The summed E-state index contributed by atoms with van der Waals surface area (Å²) in [6, 6.07) is 10.9. The van der Waals surface area contributed by atoms with Crippen molar-refractivity contribution in [3.05, 3.63) is 35.9 Å². The third-order valence-electron chi connectivity index (χ3n) is 6.41. The van der Waals surface area contributed by atoms with Crippen molar-refractivity contribution < 1.29 is 18.0 Å². The van der Waals surface area contributed by atoms with Crippen LogP contribution in [-0.4, -0.2) is 52.3 Å². The van der Waals surface area contributed by atoms with E-state index in [1.165, 1.54) is 19.8 Å². The molecule has 0 radical (unpaired) electrons. The smallest absolute Gasteiger partial charge is 0.331 e. The maximum atomic E-state index is 12.8. The van der Waals surface area contributed by atoms with Crippen LogP contribution in [0.3, 0.4) is 0 Å². The number of rotatable bonds is 9. The predicted molar refractivity (Wildman–Crippen MR) is 118 cm³/mol. The van der Waals surface area contributed by atoms with Gasteiger partial charge in [0.2, 0.25) is 0 Å². The van der Waals surface area contributed by atoms with Crippen molar-refractivity contribution in [1.82, 2.24) is 4.90 Å². The molecule has 1 aromatic carbocycles. The predicted octanol–water partition coefficient (Wildman–Crippen LogP) is 5.53. The molecule has 160 valence electrons. The molecule has 0 unspecified atom stereocenters. The lowest BCUT2D eigenvalue weighted by atomic mass is 10.2. The zero-order valence-electron chi connectivity index (χ0n) is 18.6. The Morgan fingerprint density at radius 2 is 1.64 bits per heavy atom. The Hall–Kier alpha value is -0.493. The van der Waals surface area contributed by atoms with Gasteiger partial charge in [-0.15, -0.1) is 0 Å². The van der Waals surface area contributed by atoms with Gasteiger partial charge in [0.05, 0.1) is 6.16 Å². The van der Waals surface area contributed by atoms with Gasteiger partial charge >= 0.3 is 7.60 Å². The molecule has 28 heavy (non-hydrogen) atoms. The van der Waals surface area contributed by atoms with Crippen molar-refractivity contribution in [2.45, 2.75) is 70.4 Å².